The van der Waals surface area contributed by atoms with Gasteiger partial charge in [-0.15, -0.1) is 0 Å². The monoisotopic (exact) mass is 442 g/mol. The Morgan fingerprint density at radius 3 is 2.71 bits per heavy atom. The second kappa shape index (κ2) is 8.27. The first-order valence-corrected chi connectivity index (χ1v) is 9.89. The van der Waals surface area contributed by atoms with E-state index in [4.69, 9.17) is 20.8 Å². The predicted molar refractivity (Wildman–Crippen MR) is 114 cm³/mol. The molecule has 10 heteroatoms. The summed E-state index contributed by atoms with van der Waals surface area (Å²) in [5, 5.41) is 0.509. The number of rotatable bonds is 6. The number of hydrogen-bond acceptors (Lipinski definition) is 6. The summed E-state index contributed by atoms with van der Waals surface area (Å²) in [5.41, 5.74) is 0.427. The molecule has 4 aromatic rings. The summed E-state index contributed by atoms with van der Waals surface area (Å²) in [5.74, 6) is -0.142. The molecule has 0 aliphatic heterocycles. The number of carbonyl (C=O) groups excluding carboxylic acids is 1. The lowest BCUT2D eigenvalue weighted by molar-refractivity contribution is 0.0460. The van der Waals surface area contributed by atoms with Crippen LogP contribution in [0.1, 0.15) is 17.0 Å². The van der Waals surface area contributed by atoms with Crippen LogP contribution >= 0.6 is 11.6 Å². The number of halogens is 1. The van der Waals surface area contributed by atoms with Gasteiger partial charge < -0.3 is 13.7 Å². The summed E-state index contributed by atoms with van der Waals surface area (Å²) in [4.78, 5) is 41.5. The molecule has 0 atom stereocenters. The molecule has 1 aromatic carbocycles. The smallest absolute Gasteiger partial charge is 0.374 e. The summed E-state index contributed by atoms with van der Waals surface area (Å²) >= 11 is 6.15. The number of nitrogens with zero attached hydrogens (tertiary/aromatic N) is 4. The molecule has 0 saturated carbocycles. The van der Waals surface area contributed by atoms with E-state index in [9.17, 15) is 14.4 Å². The van der Waals surface area contributed by atoms with Crippen molar-refractivity contribution in [2.45, 2.75) is 13.0 Å². The minimum atomic E-state index is -0.638. The fraction of sp³-hybridized carbons (Fsp3) is 0.238. The zero-order chi connectivity index (χ0) is 22.1. The minimum Gasteiger partial charge on any atom is -0.460 e. The van der Waals surface area contributed by atoms with Crippen LogP contribution in [0.5, 0.6) is 0 Å². The van der Waals surface area contributed by atoms with E-state index in [1.807, 2.05) is 6.07 Å². The van der Waals surface area contributed by atoms with Crippen molar-refractivity contribution in [2.24, 2.45) is 14.1 Å². The van der Waals surface area contributed by atoms with Gasteiger partial charge >= 0.3 is 11.7 Å². The Labute approximate surface area is 181 Å². The van der Waals surface area contributed by atoms with Crippen LogP contribution in [0.3, 0.4) is 0 Å². The van der Waals surface area contributed by atoms with Crippen LogP contribution in [0.2, 0.25) is 5.02 Å². The summed E-state index contributed by atoms with van der Waals surface area (Å²) in [6, 6.07) is 10.3. The molecule has 0 saturated heterocycles. The van der Waals surface area contributed by atoms with Gasteiger partial charge in [0.15, 0.2) is 11.2 Å². The van der Waals surface area contributed by atoms with Gasteiger partial charge in [-0.3, -0.25) is 13.9 Å². The maximum Gasteiger partial charge on any atom is 0.374 e. The Bertz CT molecular complexity index is 1400. The molecule has 0 bridgehead atoms. The third kappa shape index (κ3) is 3.79. The standard InChI is InChI=1S/C21H19ClN4O5/c1-24-12-23-18-17(24)19(27)26(21(29)25(18)2)10-5-11-30-20(28)16-9-8-15(31-16)13-6-3-4-7-14(13)22/h3-4,6-9,12H,5,10-11H2,1-2H3. The van der Waals surface area contributed by atoms with E-state index in [1.165, 1.54) is 17.0 Å². The molecule has 3 heterocycles. The normalized spacial score (nSPS) is 11.2. The number of fused-ring (bicyclic) bond motifs is 1. The fourth-order valence-electron chi connectivity index (χ4n) is 3.31. The van der Waals surface area contributed by atoms with Gasteiger partial charge in [0.05, 0.1) is 18.0 Å². The minimum absolute atomic E-state index is 0.0139. The molecule has 0 N–H and O–H groups in total. The van der Waals surface area contributed by atoms with E-state index in [-0.39, 0.29) is 25.3 Å². The number of esters is 1. The average molecular weight is 443 g/mol. The highest BCUT2D eigenvalue weighted by Crippen LogP contribution is 2.29. The topological polar surface area (TPSA) is 101 Å². The second-order valence-corrected chi connectivity index (χ2v) is 7.37. The summed E-state index contributed by atoms with van der Waals surface area (Å²) < 4.78 is 14.8. The molecule has 4 rings (SSSR count). The molecular formula is C21H19ClN4O5. The number of furan rings is 1. The van der Waals surface area contributed by atoms with E-state index in [2.05, 4.69) is 4.98 Å². The van der Waals surface area contributed by atoms with Crippen molar-refractivity contribution in [1.29, 1.82) is 0 Å². The van der Waals surface area contributed by atoms with Crippen molar-refractivity contribution in [1.82, 2.24) is 18.7 Å². The van der Waals surface area contributed by atoms with E-state index >= 15 is 0 Å². The third-order valence-corrected chi connectivity index (χ3v) is 5.24. The highest BCUT2D eigenvalue weighted by Gasteiger charge is 2.17. The van der Waals surface area contributed by atoms with Gasteiger partial charge in [0.25, 0.3) is 5.56 Å². The number of carbonyl (C=O) groups is 1. The highest BCUT2D eigenvalue weighted by atomic mass is 35.5. The maximum atomic E-state index is 12.7. The second-order valence-electron chi connectivity index (χ2n) is 6.96. The number of aryl methyl sites for hydroxylation is 2. The van der Waals surface area contributed by atoms with Crippen LogP contribution in [0.4, 0.5) is 0 Å². The number of benzene rings is 1. The van der Waals surface area contributed by atoms with Crippen LogP contribution in [0.15, 0.2) is 56.7 Å². The molecule has 0 fully saturated rings. The third-order valence-electron chi connectivity index (χ3n) is 4.91. The molecule has 3 aromatic heterocycles. The van der Waals surface area contributed by atoms with Crippen molar-refractivity contribution < 1.29 is 13.9 Å². The first-order chi connectivity index (χ1) is 14.9. The SMILES string of the molecule is Cn1cnc2c1c(=O)n(CCCOC(=O)c1ccc(-c3ccccc3Cl)o1)c(=O)n2C. The van der Waals surface area contributed by atoms with Gasteiger partial charge in [-0.25, -0.2) is 14.6 Å². The van der Waals surface area contributed by atoms with Gasteiger partial charge in [-0.1, -0.05) is 23.7 Å². The van der Waals surface area contributed by atoms with Gasteiger partial charge in [0.1, 0.15) is 5.76 Å². The van der Waals surface area contributed by atoms with Crippen LogP contribution in [0, 0.1) is 0 Å². The largest absolute Gasteiger partial charge is 0.460 e. The van der Waals surface area contributed by atoms with Crippen molar-refractivity contribution in [3.63, 3.8) is 0 Å². The average Bonchev–Trinajstić information content (AvgIpc) is 3.39. The summed E-state index contributed by atoms with van der Waals surface area (Å²) in [6.07, 6.45) is 1.76. The molecular weight excluding hydrogens is 424 g/mol. The van der Waals surface area contributed by atoms with E-state index in [0.717, 1.165) is 4.57 Å². The molecule has 0 aliphatic carbocycles. The quantitative estimate of drug-likeness (QED) is 0.336. The first kappa shape index (κ1) is 20.7. The summed E-state index contributed by atoms with van der Waals surface area (Å²) in [6.45, 7) is 0.114. The highest BCUT2D eigenvalue weighted by molar-refractivity contribution is 6.33. The van der Waals surface area contributed by atoms with Crippen molar-refractivity contribution in [3.8, 4) is 11.3 Å². The zero-order valence-corrected chi connectivity index (χ0v) is 17.6. The predicted octanol–water partition coefficient (Wildman–Crippen LogP) is 2.59. The molecule has 0 unspecified atom stereocenters. The molecule has 0 radical (unpaired) electrons. The van der Waals surface area contributed by atoms with E-state index < -0.39 is 17.2 Å². The van der Waals surface area contributed by atoms with Crippen LogP contribution in [0.25, 0.3) is 22.5 Å². The molecule has 0 aliphatic rings. The molecule has 31 heavy (non-hydrogen) atoms. The molecule has 0 amide bonds. The van der Waals surface area contributed by atoms with Gasteiger partial charge in [-0.05, 0) is 30.7 Å². The van der Waals surface area contributed by atoms with E-state index in [1.54, 1.807) is 42.9 Å². The number of aromatic nitrogens is 4. The van der Waals surface area contributed by atoms with Crippen LogP contribution < -0.4 is 11.2 Å². The summed E-state index contributed by atoms with van der Waals surface area (Å²) in [7, 11) is 3.24. The zero-order valence-electron chi connectivity index (χ0n) is 16.9. The Hall–Kier alpha value is -3.59. The van der Waals surface area contributed by atoms with E-state index in [0.29, 0.717) is 27.5 Å². The lowest BCUT2D eigenvalue weighted by Gasteiger charge is -2.08. The lowest BCUT2D eigenvalue weighted by Crippen LogP contribution is -2.39. The van der Waals surface area contributed by atoms with Crippen molar-refractivity contribution in [3.05, 3.63) is 74.3 Å². The molecule has 9 nitrogen and oxygen atoms in total. The Kier molecular flexibility index (Phi) is 5.51. The number of hydrogen-bond donors (Lipinski definition) is 0. The Balaban J connectivity index is 1.41. The van der Waals surface area contributed by atoms with Crippen LogP contribution in [-0.4, -0.2) is 31.3 Å². The van der Waals surface area contributed by atoms with Crippen LogP contribution in [-0.2, 0) is 25.4 Å². The molecule has 0 spiro atoms. The van der Waals surface area contributed by atoms with Crippen molar-refractivity contribution >= 4 is 28.7 Å². The first-order valence-electron chi connectivity index (χ1n) is 9.51. The Morgan fingerprint density at radius 1 is 1.16 bits per heavy atom. The van der Waals surface area contributed by atoms with Crippen molar-refractivity contribution in [2.75, 3.05) is 6.61 Å². The fourth-order valence-corrected chi connectivity index (χ4v) is 3.53. The Morgan fingerprint density at radius 2 is 1.94 bits per heavy atom. The number of ether oxygens (including phenoxy) is 1. The van der Waals surface area contributed by atoms with Gasteiger partial charge in [-0.2, -0.15) is 0 Å². The number of imidazole rings is 1. The molecule has 160 valence electrons. The lowest BCUT2D eigenvalue weighted by atomic mass is 10.2. The van der Waals surface area contributed by atoms with Gasteiger partial charge in [0.2, 0.25) is 5.76 Å². The van der Waals surface area contributed by atoms with Gasteiger partial charge in [0, 0.05) is 26.2 Å². The maximum absolute atomic E-state index is 12.7.